The van der Waals surface area contributed by atoms with E-state index >= 15 is 0 Å². The molecule has 1 amide bonds. The van der Waals surface area contributed by atoms with Crippen LogP contribution in [0.1, 0.15) is 38.8 Å². The lowest BCUT2D eigenvalue weighted by Gasteiger charge is -2.38. The highest BCUT2D eigenvalue weighted by atomic mass is 16.2. The van der Waals surface area contributed by atoms with Crippen molar-refractivity contribution in [1.82, 2.24) is 14.9 Å². The molecule has 154 valence electrons. The summed E-state index contributed by atoms with van der Waals surface area (Å²) in [6.45, 7) is 9.55. The molecule has 2 atom stereocenters. The quantitative estimate of drug-likeness (QED) is 0.835. The molecule has 1 saturated carbocycles. The number of benzene rings is 1. The van der Waals surface area contributed by atoms with Gasteiger partial charge in [-0.25, -0.2) is 4.98 Å². The zero-order valence-electron chi connectivity index (χ0n) is 17.4. The van der Waals surface area contributed by atoms with Crippen LogP contribution in [-0.2, 0) is 17.9 Å². The number of carbonyl (C=O) groups excluding carboxylic acids is 1. The Labute approximate surface area is 172 Å². The summed E-state index contributed by atoms with van der Waals surface area (Å²) in [4.78, 5) is 19.6. The topological polar surface area (TPSA) is 62.2 Å². The molecule has 0 radical (unpaired) electrons. The molecule has 3 heterocycles. The van der Waals surface area contributed by atoms with Gasteiger partial charge in [0, 0.05) is 55.6 Å². The van der Waals surface area contributed by atoms with E-state index in [1.54, 1.807) is 0 Å². The fraction of sp³-hybridized carbons (Fsp3) is 0.565. The van der Waals surface area contributed by atoms with E-state index in [0.29, 0.717) is 11.8 Å². The SMILES string of the molecule is C[C@H]1C[C@H](C)CN(c2cc(NC(=O)C3CC3)ccc2-c2ncc3n2CCNC3)C1. The van der Waals surface area contributed by atoms with E-state index in [0.717, 1.165) is 57.1 Å². The molecule has 1 aromatic carbocycles. The smallest absolute Gasteiger partial charge is 0.227 e. The van der Waals surface area contributed by atoms with Crippen molar-refractivity contribution in [2.24, 2.45) is 17.8 Å². The van der Waals surface area contributed by atoms with Gasteiger partial charge in [0.2, 0.25) is 5.91 Å². The number of fused-ring (bicyclic) bond motifs is 1. The predicted octanol–water partition coefficient (Wildman–Crippen LogP) is 3.48. The zero-order valence-corrected chi connectivity index (χ0v) is 17.4. The molecule has 29 heavy (non-hydrogen) atoms. The zero-order chi connectivity index (χ0) is 20.0. The van der Waals surface area contributed by atoms with Gasteiger partial charge in [-0.2, -0.15) is 0 Å². The second-order valence-corrected chi connectivity index (χ2v) is 9.25. The molecule has 3 aliphatic rings. The Balaban J connectivity index is 1.54. The molecule has 2 aliphatic heterocycles. The van der Waals surface area contributed by atoms with Crippen molar-refractivity contribution in [2.45, 2.75) is 46.2 Å². The van der Waals surface area contributed by atoms with Gasteiger partial charge in [-0.3, -0.25) is 4.79 Å². The van der Waals surface area contributed by atoms with E-state index in [1.807, 2.05) is 12.3 Å². The van der Waals surface area contributed by atoms with Crippen molar-refractivity contribution in [1.29, 1.82) is 0 Å². The first kappa shape index (κ1) is 18.7. The number of carbonyl (C=O) groups is 1. The summed E-state index contributed by atoms with van der Waals surface area (Å²) in [6.07, 6.45) is 5.31. The standard InChI is InChI=1S/C23H31N5O/c1-15-9-16(2)14-27(13-15)21-10-18(26-23(29)17-3-4-17)5-6-20(21)22-25-12-19-11-24-7-8-28(19)22/h5-6,10,12,15-17,24H,3-4,7-9,11,13-14H2,1-2H3,(H,26,29)/t15-,16-/m0/s1. The number of amides is 1. The summed E-state index contributed by atoms with van der Waals surface area (Å²) in [6, 6.07) is 6.36. The number of nitrogens with zero attached hydrogens (tertiary/aromatic N) is 3. The number of nitrogens with one attached hydrogen (secondary N) is 2. The van der Waals surface area contributed by atoms with Gasteiger partial charge in [0.1, 0.15) is 5.82 Å². The lowest BCUT2D eigenvalue weighted by atomic mass is 9.91. The molecular weight excluding hydrogens is 362 g/mol. The van der Waals surface area contributed by atoms with Gasteiger partial charge in [0.25, 0.3) is 0 Å². The highest BCUT2D eigenvalue weighted by Gasteiger charge is 2.30. The molecule has 1 saturated heterocycles. The van der Waals surface area contributed by atoms with Crippen molar-refractivity contribution in [3.8, 4) is 11.4 Å². The number of rotatable bonds is 4. The summed E-state index contributed by atoms with van der Waals surface area (Å²) in [5.74, 6) is 2.74. The van der Waals surface area contributed by atoms with Crippen LogP contribution in [0.15, 0.2) is 24.4 Å². The van der Waals surface area contributed by atoms with Crippen LogP contribution in [0.2, 0.25) is 0 Å². The summed E-state index contributed by atoms with van der Waals surface area (Å²) in [5, 5.41) is 6.56. The van der Waals surface area contributed by atoms with Gasteiger partial charge in [-0.1, -0.05) is 13.8 Å². The Morgan fingerprint density at radius 2 is 2.00 bits per heavy atom. The van der Waals surface area contributed by atoms with E-state index in [9.17, 15) is 4.79 Å². The van der Waals surface area contributed by atoms with E-state index < -0.39 is 0 Å². The monoisotopic (exact) mass is 393 g/mol. The highest BCUT2D eigenvalue weighted by molar-refractivity contribution is 5.95. The van der Waals surface area contributed by atoms with Crippen LogP contribution in [0.5, 0.6) is 0 Å². The molecule has 5 rings (SSSR count). The third-order valence-electron chi connectivity index (χ3n) is 6.42. The van der Waals surface area contributed by atoms with Crippen LogP contribution >= 0.6 is 0 Å². The Kier molecular flexibility index (Phi) is 4.82. The van der Waals surface area contributed by atoms with Crippen LogP contribution in [-0.4, -0.2) is 35.1 Å². The molecule has 1 aromatic heterocycles. The minimum atomic E-state index is 0.161. The lowest BCUT2D eigenvalue weighted by molar-refractivity contribution is -0.117. The molecule has 2 N–H and O–H groups in total. The fourth-order valence-electron chi connectivity index (χ4n) is 4.93. The maximum Gasteiger partial charge on any atom is 0.227 e. The first-order valence-electron chi connectivity index (χ1n) is 11.0. The number of anilines is 2. The molecule has 2 aromatic rings. The van der Waals surface area contributed by atoms with Crippen molar-refractivity contribution in [3.63, 3.8) is 0 Å². The largest absolute Gasteiger partial charge is 0.370 e. The Hall–Kier alpha value is -2.34. The molecule has 0 bridgehead atoms. The molecular formula is C23H31N5O. The van der Waals surface area contributed by atoms with Crippen LogP contribution in [0.25, 0.3) is 11.4 Å². The first-order valence-corrected chi connectivity index (χ1v) is 11.0. The van der Waals surface area contributed by atoms with E-state index in [4.69, 9.17) is 4.98 Å². The van der Waals surface area contributed by atoms with Crippen molar-refractivity contribution in [3.05, 3.63) is 30.1 Å². The summed E-state index contributed by atoms with van der Waals surface area (Å²) >= 11 is 0. The molecule has 0 unspecified atom stereocenters. The maximum atomic E-state index is 12.3. The average Bonchev–Trinajstić information content (AvgIpc) is 3.47. The number of hydrogen-bond acceptors (Lipinski definition) is 4. The van der Waals surface area contributed by atoms with E-state index in [2.05, 4.69) is 46.1 Å². The Morgan fingerprint density at radius 1 is 1.21 bits per heavy atom. The van der Waals surface area contributed by atoms with Gasteiger partial charge < -0.3 is 20.1 Å². The van der Waals surface area contributed by atoms with Gasteiger partial charge in [0.05, 0.1) is 11.9 Å². The van der Waals surface area contributed by atoms with E-state index in [1.165, 1.54) is 23.4 Å². The second kappa shape index (κ2) is 7.48. The highest BCUT2D eigenvalue weighted by Crippen LogP contribution is 2.37. The minimum Gasteiger partial charge on any atom is -0.370 e. The Morgan fingerprint density at radius 3 is 2.76 bits per heavy atom. The third-order valence-corrected chi connectivity index (χ3v) is 6.42. The molecule has 0 spiro atoms. The van der Waals surface area contributed by atoms with Gasteiger partial charge >= 0.3 is 0 Å². The van der Waals surface area contributed by atoms with Crippen molar-refractivity contribution >= 4 is 17.3 Å². The number of aromatic nitrogens is 2. The number of piperidine rings is 1. The van der Waals surface area contributed by atoms with Crippen LogP contribution < -0.4 is 15.5 Å². The van der Waals surface area contributed by atoms with Crippen molar-refractivity contribution in [2.75, 3.05) is 29.9 Å². The van der Waals surface area contributed by atoms with Gasteiger partial charge in [0.15, 0.2) is 0 Å². The molecule has 6 nitrogen and oxygen atoms in total. The van der Waals surface area contributed by atoms with E-state index in [-0.39, 0.29) is 11.8 Å². The second-order valence-electron chi connectivity index (χ2n) is 9.25. The summed E-state index contributed by atoms with van der Waals surface area (Å²) < 4.78 is 2.34. The lowest BCUT2D eigenvalue weighted by Crippen LogP contribution is -2.39. The van der Waals surface area contributed by atoms with Crippen LogP contribution in [0.4, 0.5) is 11.4 Å². The third kappa shape index (κ3) is 3.78. The summed E-state index contributed by atoms with van der Waals surface area (Å²) in [7, 11) is 0. The van der Waals surface area contributed by atoms with Crippen molar-refractivity contribution < 1.29 is 4.79 Å². The van der Waals surface area contributed by atoms with Crippen LogP contribution in [0, 0.1) is 17.8 Å². The predicted molar refractivity (Wildman–Crippen MR) is 116 cm³/mol. The summed E-state index contributed by atoms with van der Waals surface area (Å²) in [5.41, 5.74) is 4.51. The number of imidazole rings is 1. The molecule has 6 heteroatoms. The average molecular weight is 394 g/mol. The molecule has 2 fully saturated rings. The normalized spacial score (nSPS) is 24.3. The minimum absolute atomic E-state index is 0.161. The fourth-order valence-corrected chi connectivity index (χ4v) is 4.93. The van der Waals surface area contributed by atoms with Gasteiger partial charge in [-0.15, -0.1) is 0 Å². The van der Waals surface area contributed by atoms with Crippen LogP contribution in [0.3, 0.4) is 0 Å². The maximum absolute atomic E-state index is 12.3. The molecule has 1 aliphatic carbocycles. The first-order chi connectivity index (χ1) is 14.1. The number of hydrogen-bond donors (Lipinski definition) is 2. The van der Waals surface area contributed by atoms with Gasteiger partial charge in [-0.05, 0) is 49.3 Å². The Bertz CT molecular complexity index is 906.